The van der Waals surface area contributed by atoms with Gasteiger partial charge >= 0.3 is 5.97 Å². The first-order valence-corrected chi connectivity index (χ1v) is 21.5. The highest BCUT2D eigenvalue weighted by Crippen LogP contribution is 2.43. The Hall–Kier alpha value is -4.51. The molecular formula is C48H64FNO12. The summed E-state index contributed by atoms with van der Waals surface area (Å²) < 4.78 is 54.9. The minimum absolute atomic E-state index is 0.101. The molecule has 0 saturated carbocycles. The smallest absolute Gasteiger partial charge is 0.305 e. The molecule has 0 unspecified atom stereocenters. The number of carbonyl (C=O) groups excluding carboxylic acids is 1. The minimum Gasteiger partial charge on any atom is -0.491 e. The van der Waals surface area contributed by atoms with E-state index in [1.165, 1.54) is 12.1 Å². The number of ketones is 1. The quantitative estimate of drug-likeness (QED) is 0.0333. The second kappa shape index (κ2) is 28.2. The number of hydrogen-bond donors (Lipinski definition) is 3. The Balaban J connectivity index is 1.32. The number of aromatic nitrogens is 1. The third-order valence-electron chi connectivity index (χ3n) is 9.80. The number of nitrogens with zero attached hydrogens (tertiary/aromatic N) is 1. The van der Waals surface area contributed by atoms with Crippen LogP contribution in [0.15, 0.2) is 78.9 Å². The normalized spacial score (nSPS) is 12.5. The number of rotatable bonds is 33. The largest absolute Gasteiger partial charge is 0.491 e. The number of aliphatic hydroxyl groups excluding tert-OH is 2. The van der Waals surface area contributed by atoms with Gasteiger partial charge in [0.2, 0.25) is 0 Å². The van der Waals surface area contributed by atoms with Crippen molar-refractivity contribution in [1.82, 2.24) is 4.57 Å². The molecule has 4 rings (SSSR count). The van der Waals surface area contributed by atoms with E-state index in [1.54, 1.807) is 12.1 Å². The van der Waals surface area contributed by atoms with E-state index in [9.17, 15) is 24.2 Å². The Morgan fingerprint density at radius 3 is 1.71 bits per heavy atom. The zero-order chi connectivity index (χ0) is 44.5. The Morgan fingerprint density at radius 2 is 1.19 bits per heavy atom. The molecule has 2 atom stereocenters. The molecule has 62 heavy (non-hydrogen) atoms. The van der Waals surface area contributed by atoms with Crippen molar-refractivity contribution in [2.45, 2.75) is 71.1 Å². The summed E-state index contributed by atoms with van der Waals surface area (Å²) in [6.07, 6.45) is -2.52. The number of halogens is 1. The summed E-state index contributed by atoms with van der Waals surface area (Å²) in [5.41, 5.74) is 5.00. The lowest BCUT2D eigenvalue weighted by Gasteiger charge is -2.20. The minimum atomic E-state index is -1.21. The van der Waals surface area contributed by atoms with Crippen molar-refractivity contribution in [1.29, 1.82) is 0 Å². The lowest BCUT2D eigenvalue weighted by atomic mass is 9.90. The van der Waals surface area contributed by atoms with Gasteiger partial charge in [-0.2, -0.15) is 0 Å². The van der Waals surface area contributed by atoms with Crippen molar-refractivity contribution in [3.05, 3.63) is 102 Å². The summed E-state index contributed by atoms with van der Waals surface area (Å²) in [4.78, 5) is 25.8. The maximum atomic E-state index is 14.6. The molecule has 3 aromatic carbocycles. The molecule has 0 aliphatic heterocycles. The van der Waals surface area contributed by atoms with Crippen LogP contribution in [0, 0.1) is 5.82 Å². The Morgan fingerprint density at radius 1 is 0.661 bits per heavy atom. The van der Waals surface area contributed by atoms with Gasteiger partial charge in [-0.05, 0) is 78.8 Å². The molecule has 0 spiro atoms. The summed E-state index contributed by atoms with van der Waals surface area (Å²) in [7, 11) is 0. The van der Waals surface area contributed by atoms with Gasteiger partial charge in [0, 0.05) is 36.4 Å². The van der Waals surface area contributed by atoms with E-state index >= 15 is 0 Å². The van der Waals surface area contributed by atoms with Gasteiger partial charge < -0.3 is 53.0 Å². The number of carboxylic acid groups (broad SMARTS) is 1. The molecule has 0 radical (unpaired) electrons. The average molecular weight is 866 g/mol. The molecule has 1 heterocycles. The van der Waals surface area contributed by atoms with Gasteiger partial charge in [-0.3, -0.25) is 9.59 Å². The van der Waals surface area contributed by atoms with Crippen LogP contribution in [0.25, 0.3) is 22.4 Å². The van der Waals surface area contributed by atoms with Crippen LogP contribution in [0.1, 0.15) is 67.6 Å². The van der Waals surface area contributed by atoms with Crippen LogP contribution < -0.4 is 4.74 Å². The highest BCUT2D eigenvalue weighted by Gasteiger charge is 2.30. The predicted octanol–water partition coefficient (Wildman–Crippen LogP) is 6.99. The van der Waals surface area contributed by atoms with Gasteiger partial charge in [0.1, 0.15) is 18.2 Å². The zero-order valence-electron chi connectivity index (χ0n) is 36.3. The number of Topliss-reactive ketones (excluding diaryl/α,β-unsaturated/α-hetero) is 1. The second-order valence-electron chi connectivity index (χ2n) is 14.9. The third kappa shape index (κ3) is 17.3. The lowest BCUT2D eigenvalue weighted by molar-refractivity contribution is -0.139. The van der Waals surface area contributed by atoms with E-state index in [-0.39, 0.29) is 37.5 Å². The van der Waals surface area contributed by atoms with Crippen LogP contribution in [0.5, 0.6) is 5.75 Å². The number of benzene rings is 3. The van der Waals surface area contributed by atoms with Crippen molar-refractivity contribution in [2.24, 2.45) is 0 Å². The van der Waals surface area contributed by atoms with E-state index in [0.29, 0.717) is 114 Å². The fourth-order valence-corrected chi connectivity index (χ4v) is 6.98. The fourth-order valence-electron chi connectivity index (χ4n) is 6.98. The fraction of sp³-hybridized carbons (Fsp3) is 0.500. The van der Waals surface area contributed by atoms with Crippen molar-refractivity contribution in [3.8, 4) is 28.1 Å². The molecule has 340 valence electrons. The van der Waals surface area contributed by atoms with Gasteiger partial charge in [-0.1, -0.05) is 56.3 Å². The van der Waals surface area contributed by atoms with Crippen LogP contribution >= 0.6 is 0 Å². The Bertz CT molecular complexity index is 1870. The number of hydrogen-bond acceptors (Lipinski definition) is 11. The summed E-state index contributed by atoms with van der Waals surface area (Å²) in [6, 6.07) is 23.1. The van der Waals surface area contributed by atoms with Crippen LogP contribution in [0.2, 0.25) is 0 Å². The molecule has 0 amide bonds. The monoisotopic (exact) mass is 865 g/mol. The lowest BCUT2D eigenvalue weighted by Crippen LogP contribution is -2.22. The van der Waals surface area contributed by atoms with Gasteiger partial charge in [-0.25, -0.2) is 4.39 Å². The first kappa shape index (κ1) is 50.1. The number of aliphatic hydroxyl groups is 2. The highest BCUT2D eigenvalue weighted by molar-refractivity contribution is 6.08. The summed E-state index contributed by atoms with van der Waals surface area (Å²) in [5, 5.41) is 30.2. The van der Waals surface area contributed by atoms with E-state index < -0.39 is 30.4 Å². The van der Waals surface area contributed by atoms with E-state index in [0.717, 1.165) is 16.8 Å². The van der Waals surface area contributed by atoms with E-state index in [4.69, 9.17) is 38.3 Å². The van der Waals surface area contributed by atoms with Crippen molar-refractivity contribution >= 4 is 11.8 Å². The number of aliphatic carboxylic acids is 1. The number of ether oxygens (including phenoxy) is 7. The Labute approximate surface area is 364 Å². The topological polar surface area (TPSA) is 164 Å². The molecular weight excluding hydrogens is 802 g/mol. The average Bonchev–Trinajstić information content (AvgIpc) is 3.60. The van der Waals surface area contributed by atoms with Crippen LogP contribution in [-0.2, 0) is 46.2 Å². The molecule has 3 N–H and O–H groups in total. The van der Waals surface area contributed by atoms with Crippen molar-refractivity contribution in [3.63, 3.8) is 0 Å². The molecule has 4 aromatic rings. The van der Waals surface area contributed by atoms with Gasteiger partial charge in [-0.15, -0.1) is 0 Å². The SMILES string of the molecule is CCOCCOCCOCCOCCOCCOCCOc1ccc(CC(=O)c2c(-c3ccccc3)c(-c3ccc(F)cc3)n(CC[C@@H](O)C[C@@H](O)CC(=O)O)c2C(C)C)cc1. The number of carbonyl (C=O) groups is 2. The Kier molecular flexibility index (Phi) is 22.8. The van der Waals surface area contributed by atoms with Crippen LogP contribution in [0.4, 0.5) is 4.39 Å². The van der Waals surface area contributed by atoms with E-state index in [1.807, 2.05) is 79.9 Å². The summed E-state index contributed by atoms with van der Waals surface area (Å²) >= 11 is 0. The van der Waals surface area contributed by atoms with E-state index in [2.05, 4.69) is 0 Å². The molecule has 0 bridgehead atoms. The molecule has 0 aliphatic rings. The second-order valence-corrected chi connectivity index (χ2v) is 14.9. The molecule has 0 aliphatic carbocycles. The van der Waals surface area contributed by atoms with Gasteiger partial charge in [0.15, 0.2) is 5.78 Å². The van der Waals surface area contributed by atoms with Crippen molar-refractivity contribution < 1.29 is 62.5 Å². The molecule has 0 fully saturated rings. The van der Waals surface area contributed by atoms with Crippen LogP contribution in [0.3, 0.4) is 0 Å². The van der Waals surface area contributed by atoms with Gasteiger partial charge in [0.25, 0.3) is 0 Å². The first-order valence-electron chi connectivity index (χ1n) is 21.5. The standard InChI is InChI=1S/C48H64FNO12/c1-4-56-20-21-57-22-23-58-24-25-59-26-27-60-28-29-61-30-31-62-42-16-10-36(11-17-42)32-43(53)46-45(37-8-6-5-7-9-37)48(38-12-14-39(49)15-13-38)50(47(46)35(2)3)19-18-40(51)33-41(52)34-44(54)55/h5-17,35,40-41,51-52H,4,18-34H2,1-3H3,(H,54,55)/t40-,41-/m1/s1. The molecule has 1 aromatic heterocycles. The van der Waals surface area contributed by atoms with Crippen LogP contribution in [-0.4, -0.2) is 130 Å². The van der Waals surface area contributed by atoms with Gasteiger partial charge in [0.05, 0.1) is 97.0 Å². The molecule has 14 heteroatoms. The predicted molar refractivity (Wildman–Crippen MR) is 233 cm³/mol. The highest BCUT2D eigenvalue weighted by atomic mass is 19.1. The zero-order valence-corrected chi connectivity index (χ0v) is 36.3. The van der Waals surface area contributed by atoms with Crippen molar-refractivity contribution in [2.75, 3.05) is 85.9 Å². The summed E-state index contributed by atoms with van der Waals surface area (Å²) in [6.45, 7) is 12.5. The maximum Gasteiger partial charge on any atom is 0.305 e. The maximum absolute atomic E-state index is 14.6. The summed E-state index contributed by atoms with van der Waals surface area (Å²) in [5.74, 6) is -1.16. The first-order chi connectivity index (χ1) is 30.1. The number of carboxylic acids is 1. The molecule has 13 nitrogen and oxygen atoms in total. The molecule has 0 saturated heterocycles. The third-order valence-corrected chi connectivity index (χ3v) is 9.80.